The molecule has 2 aliphatic rings. The third-order valence-electron chi connectivity index (χ3n) is 4.28. The van der Waals surface area contributed by atoms with Crippen molar-refractivity contribution in [2.45, 2.75) is 44.6 Å². The van der Waals surface area contributed by atoms with Gasteiger partial charge in [-0.2, -0.15) is 4.98 Å². The molecule has 1 saturated heterocycles. The second-order valence-electron chi connectivity index (χ2n) is 5.81. The van der Waals surface area contributed by atoms with Crippen LogP contribution in [0, 0.1) is 6.92 Å². The normalized spacial score (nSPS) is 22.0. The van der Waals surface area contributed by atoms with Gasteiger partial charge >= 0.3 is 0 Å². The highest BCUT2D eigenvalue weighted by molar-refractivity contribution is 5.95. The molecule has 1 atom stereocenters. The molecule has 2 aromatic rings. The van der Waals surface area contributed by atoms with Gasteiger partial charge in [0, 0.05) is 12.5 Å². The van der Waals surface area contributed by atoms with E-state index in [1.165, 1.54) is 0 Å². The molecule has 0 N–H and O–H groups in total. The van der Waals surface area contributed by atoms with Crippen molar-refractivity contribution in [3.8, 4) is 0 Å². The molecular formula is C15H17N3O3. The van der Waals surface area contributed by atoms with E-state index < -0.39 is 0 Å². The number of rotatable bonds is 3. The average molecular weight is 287 g/mol. The zero-order chi connectivity index (χ0) is 14.4. The third kappa shape index (κ3) is 2.14. The standard InChI is InChI=1S/C15H17N3O3/c1-9-11(6-8-20-9)15(19)18-7-2-3-12(18)13-16-14(21-17-13)10-4-5-10/h6,8,10,12H,2-5,7H2,1H3. The van der Waals surface area contributed by atoms with Gasteiger partial charge in [0.15, 0.2) is 5.82 Å². The van der Waals surface area contributed by atoms with E-state index in [2.05, 4.69) is 10.1 Å². The van der Waals surface area contributed by atoms with Crippen molar-refractivity contribution in [1.29, 1.82) is 0 Å². The van der Waals surface area contributed by atoms with Crippen LogP contribution in [0.2, 0.25) is 0 Å². The maximum absolute atomic E-state index is 12.6. The molecule has 1 aliphatic heterocycles. The smallest absolute Gasteiger partial charge is 0.258 e. The largest absolute Gasteiger partial charge is 0.469 e. The maximum Gasteiger partial charge on any atom is 0.258 e. The summed E-state index contributed by atoms with van der Waals surface area (Å²) in [5.41, 5.74) is 0.618. The van der Waals surface area contributed by atoms with E-state index in [-0.39, 0.29) is 11.9 Å². The van der Waals surface area contributed by atoms with E-state index >= 15 is 0 Å². The molecule has 1 aliphatic carbocycles. The number of amides is 1. The van der Waals surface area contributed by atoms with Crippen LogP contribution in [0.3, 0.4) is 0 Å². The number of hydrogen-bond donors (Lipinski definition) is 0. The summed E-state index contributed by atoms with van der Waals surface area (Å²) >= 11 is 0. The zero-order valence-electron chi connectivity index (χ0n) is 11.9. The molecule has 1 saturated carbocycles. The molecule has 3 heterocycles. The second-order valence-corrected chi connectivity index (χ2v) is 5.81. The lowest BCUT2D eigenvalue weighted by atomic mass is 10.2. The lowest BCUT2D eigenvalue weighted by Gasteiger charge is -2.21. The molecule has 4 rings (SSSR count). The summed E-state index contributed by atoms with van der Waals surface area (Å²) in [7, 11) is 0. The fourth-order valence-corrected chi connectivity index (χ4v) is 2.92. The average Bonchev–Trinajstić information content (AvgIpc) is 2.94. The van der Waals surface area contributed by atoms with Gasteiger partial charge in [0.05, 0.1) is 17.9 Å². The molecule has 6 heteroatoms. The quantitative estimate of drug-likeness (QED) is 0.868. The molecule has 0 aromatic carbocycles. The van der Waals surface area contributed by atoms with Crippen LogP contribution in [-0.2, 0) is 0 Å². The summed E-state index contributed by atoms with van der Waals surface area (Å²) in [6.07, 6.45) is 5.65. The van der Waals surface area contributed by atoms with Gasteiger partial charge in [-0.1, -0.05) is 5.16 Å². The highest BCUT2D eigenvalue weighted by Gasteiger charge is 2.36. The van der Waals surface area contributed by atoms with E-state index in [0.717, 1.165) is 38.1 Å². The van der Waals surface area contributed by atoms with Crippen molar-refractivity contribution < 1.29 is 13.7 Å². The van der Waals surface area contributed by atoms with Crippen LogP contribution in [0.4, 0.5) is 0 Å². The number of carbonyl (C=O) groups excluding carboxylic acids is 1. The van der Waals surface area contributed by atoms with Gasteiger partial charge in [-0.3, -0.25) is 4.79 Å². The van der Waals surface area contributed by atoms with Crippen LogP contribution in [0.25, 0.3) is 0 Å². The number of carbonyl (C=O) groups is 1. The third-order valence-corrected chi connectivity index (χ3v) is 4.28. The SMILES string of the molecule is Cc1occc1C(=O)N1CCCC1c1noc(C2CC2)n1. The topological polar surface area (TPSA) is 72.4 Å². The predicted molar refractivity (Wildman–Crippen MR) is 72.7 cm³/mol. The first-order valence-corrected chi connectivity index (χ1v) is 7.42. The maximum atomic E-state index is 12.6. The van der Waals surface area contributed by atoms with Crippen molar-refractivity contribution in [3.63, 3.8) is 0 Å². The molecule has 21 heavy (non-hydrogen) atoms. The summed E-state index contributed by atoms with van der Waals surface area (Å²) in [4.78, 5) is 19.0. The summed E-state index contributed by atoms with van der Waals surface area (Å²) < 4.78 is 10.6. The Hall–Kier alpha value is -2.11. The van der Waals surface area contributed by atoms with Gasteiger partial charge in [-0.05, 0) is 38.7 Å². The molecule has 2 fully saturated rings. The van der Waals surface area contributed by atoms with Crippen molar-refractivity contribution in [3.05, 3.63) is 35.4 Å². The lowest BCUT2D eigenvalue weighted by Crippen LogP contribution is -2.31. The number of likely N-dealkylation sites (tertiary alicyclic amines) is 1. The van der Waals surface area contributed by atoms with Gasteiger partial charge in [0.25, 0.3) is 5.91 Å². The highest BCUT2D eigenvalue weighted by atomic mass is 16.5. The molecular weight excluding hydrogens is 270 g/mol. The molecule has 110 valence electrons. The van der Waals surface area contributed by atoms with Crippen LogP contribution in [0.5, 0.6) is 0 Å². The molecule has 0 spiro atoms. The van der Waals surface area contributed by atoms with Crippen molar-refractivity contribution in [2.24, 2.45) is 0 Å². The van der Waals surface area contributed by atoms with Crippen molar-refractivity contribution in [1.82, 2.24) is 15.0 Å². The van der Waals surface area contributed by atoms with Crippen LogP contribution in [0.1, 0.15) is 65.5 Å². The lowest BCUT2D eigenvalue weighted by molar-refractivity contribution is 0.0726. The van der Waals surface area contributed by atoms with Gasteiger partial charge in [-0.25, -0.2) is 0 Å². The van der Waals surface area contributed by atoms with Crippen molar-refractivity contribution >= 4 is 5.91 Å². The fourth-order valence-electron chi connectivity index (χ4n) is 2.92. The number of furan rings is 1. The van der Waals surface area contributed by atoms with E-state index in [1.54, 1.807) is 19.3 Å². The van der Waals surface area contributed by atoms with E-state index in [4.69, 9.17) is 8.94 Å². The monoisotopic (exact) mass is 287 g/mol. The molecule has 1 amide bonds. The van der Waals surface area contributed by atoms with Gasteiger partial charge in [0.2, 0.25) is 5.89 Å². The molecule has 0 bridgehead atoms. The summed E-state index contributed by atoms with van der Waals surface area (Å²) in [6, 6.07) is 1.64. The number of aryl methyl sites for hydroxylation is 1. The minimum atomic E-state index is -0.0805. The minimum absolute atomic E-state index is 0.0125. The number of hydrogen-bond acceptors (Lipinski definition) is 5. The van der Waals surface area contributed by atoms with E-state index in [0.29, 0.717) is 23.1 Å². The summed E-state index contributed by atoms with van der Waals surface area (Å²) in [5, 5.41) is 4.09. The molecule has 0 radical (unpaired) electrons. The Morgan fingerprint density at radius 1 is 1.38 bits per heavy atom. The van der Waals surface area contributed by atoms with Crippen LogP contribution in [-0.4, -0.2) is 27.5 Å². The summed E-state index contributed by atoms with van der Waals surface area (Å²) in [6.45, 7) is 2.53. The first-order chi connectivity index (χ1) is 10.2. The Labute approximate surface area is 122 Å². The Bertz CT molecular complexity index is 671. The number of aromatic nitrogens is 2. The Morgan fingerprint density at radius 2 is 2.24 bits per heavy atom. The Balaban J connectivity index is 1.59. The first kappa shape index (κ1) is 12.6. The molecule has 2 aromatic heterocycles. The first-order valence-electron chi connectivity index (χ1n) is 7.42. The Kier molecular flexibility index (Phi) is 2.83. The zero-order valence-corrected chi connectivity index (χ0v) is 11.9. The fraction of sp³-hybridized carbons (Fsp3) is 0.533. The van der Waals surface area contributed by atoms with Crippen LogP contribution < -0.4 is 0 Å². The van der Waals surface area contributed by atoms with E-state index in [9.17, 15) is 4.79 Å². The predicted octanol–water partition coefficient (Wildman–Crippen LogP) is 2.83. The summed E-state index contributed by atoms with van der Waals surface area (Å²) in [5.74, 6) is 2.44. The van der Waals surface area contributed by atoms with Gasteiger partial charge in [0.1, 0.15) is 5.76 Å². The van der Waals surface area contributed by atoms with Crippen LogP contribution >= 0.6 is 0 Å². The molecule has 1 unspecified atom stereocenters. The van der Waals surface area contributed by atoms with Crippen molar-refractivity contribution in [2.75, 3.05) is 6.54 Å². The van der Waals surface area contributed by atoms with Crippen LogP contribution in [0.15, 0.2) is 21.3 Å². The minimum Gasteiger partial charge on any atom is -0.469 e. The van der Waals surface area contributed by atoms with Gasteiger partial charge in [-0.15, -0.1) is 0 Å². The highest BCUT2D eigenvalue weighted by Crippen LogP contribution is 2.40. The van der Waals surface area contributed by atoms with E-state index in [1.807, 2.05) is 4.90 Å². The molecule has 6 nitrogen and oxygen atoms in total. The Morgan fingerprint density at radius 3 is 2.95 bits per heavy atom. The van der Waals surface area contributed by atoms with Gasteiger partial charge < -0.3 is 13.8 Å². The number of nitrogens with zero attached hydrogens (tertiary/aromatic N) is 3. The second kappa shape index (κ2) is 4.72.